The summed E-state index contributed by atoms with van der Waals surface area (Å²) < 4.78 is 0. The van der Waals surface area contributed by atoms with Gasteiger partial charge in [0, 0.05) is 19.3 Å². The summed E-state index contributed by atoms with van der Waals surface area (Å²) in [6.07, 6.45) is 0. The molecule has 1 aromatic rings. The molecule has 1 amide bonds. The highest BCUT2D eigenvalue weighted by atomic mass is 16.2. The Kier molecular flexibility index (Phi) is 4.97. The fraction of sp³-hybridized carbons (Fsp3) is 0.462. The number of carbonyl (C=O) groups excluding carboxylic acids is 1. The number of nitrogens with two attached hydrogens (primary N) is 1. The SMILES string of the molecule is CCN(Cc1ccc(N)cc1)C(C)C(=O)NC. The fourth-order valence-electron chi connectivity index (χ4n) is 1.75. The van der Waals surface area contributed by atoms with E-state index in [0.29, 0.717) is 0 Å². The zero-order valence-electron chi connectivity index (χ0n) is 10.7. The van der Waals surface area contributed by atoms with Crippen LogP contribution < -0.4 is 11.1 Å². The van der Waals surface area contributed by atoms with Crippen LogP contribution in [0.15, 0.2) is 24.3 Å². The van der Waals surface area contributed by atoms with Crippen LogP contribution in [0, 0.1) is 0 Å². The number of rotatable bonds is 5. The van der Waals surface area contributed by atoms with Gasteiger partial charge in [-0.05, 0) is 31.2 Å². The molecule has 4 heteroatoms. The van der Waals surface area contributed by atoms with E-state index < -0.39 is 0 Å². The minimum atomic E-state index is -0.123. The van der Waals surface area contributed by atoms with Crippen molar-refractivity contribution in [2.24, 2.45) is 0 Å². The van der Waals surface area contributed by atoms with E-state index in [4.69, 9.17) is 5.73 Å². The second kappa shape index (κ2) is 6.25. The summed E-state index contributed by atoms with van der Waals surface area (Å²) >= 11 is 0. The zero-order valence-corrected chi connectivity index (χ0v) is 10.7. The molecule has 1 aromatic carbocycles. The molecule has 1 rings (SSSR count). The van der Waals surface area contributed by atoms with Gasteiger partial charge in [-0.3, -0.25) is 9.69 Å². The van der Waals surface area contributed by atoms with Crippen molar-refractivity contribution in [3.05, 3.63) is 29.8 Å². The normalized spacial score (nSPS) is 12.5. The van der Waals surface area contributed by atoms with Gasteiger partial charge in [-0.15, -0.1) is 0 Å². The molecule has 0 fully saturated rings. The van der Waals surface area contributed by atoms with Gasteiger partial charge in [0.25, 0.3) is 0 Å². The minimum Gasteiger partial charge on any atom is -0.399 e. The molecule has 0 bridgehead atoms. The van der Waals surface area contributed by atoms with E-state index in [-0.39, 0.29) is 11.9 Å². The van der Waals surface area contributed by atoms with Crippen LogP contribution in [0.3, 0.4) is 0 Å². The summed E-state index contributed by atoms with van der Waals surface area (Å²) in [5, 5.41) is 2.67. The fourth-order valence-corrected chi connectivity index (χ4v) is 1.75. The standard InChI is InChI=1S/C13H21N3O/c1-4-16(10(2)13(17)15-3)9-11-5-7-12(14)8-6-11/h5-8,10H,4,9,14H2,1-3H3,(H,15,17). The average Bonchev–Trinajstić information content (AvgIpc) is 2.36. The van der Waals surface area contributed by atoms with Crippen LogP contribution in [-0.2, 0) is 11.3 Å². The number of anilines is 1. The van der Waals surface area contributed by atoms with Gasteiger partial charge in [0.2, 0.25) is 5.91 Å². The lowest BCUT2D eigenvalue weighted by Gasteiger charge is -2.26. The first kappa shape index (κ1) is 13.5. The van der Waals surface area contributed by atoms with Crippen molar-refractivity contribution in [3.63, 3.8) is 0 Å². The Morgan fingerprint density at radius 2 is 2.00 bits per heavy atom. The molecular weight excluding hydrogens is 214 g/mol. The minimum absolute atomic E-state index is 0.0438. The molecule has 0 heterocycles. The summed E-state index contributed by atoms with van der Waals surface area (Å²) in [5.41, 5.74) is 7.57. The number of nitrogens with one attached hydrogen (secondary N) is 1. The number of likely N-dealkylation sites (N-methyl/N-ethyl adjacent to an activating group) is 2. The molecule has 0 spiro atoms. The van der Waals surface area contributed by atoms with Crippen molar-refractivity contribution in [3.8, 4) is 0 Å². The lowest BCUT2D eigenvalue weighted by molar-refractivity contribution is -0.125. The summed E-state index contributed by atoms with van der Waals surface area (Å²) in [6, 6.07) is 7.63. The number of benzene rings is 1. The second-order valence-corrected chi connectivity index (χ2v) is 4.09. The Balaban J connectivity index is 2.69. The maximum Gasteiger partial charge on any atom is 0.236 e. The maximum atomic E-state index is 11.6. The number of amides is 1. The Labute approximate surface area is 103 Å². The third-order valence-corrected chi connectivity index (χ3v) is 2.95. The highest BCUT2D eigenvalue weighted by molar-refractivity contribution is 5.80. The quantitative estimate of drug-likeness (QED) is 0.755. The van der Waals surface area contributed by atoms with Crippen LogP contribution in [0.1, 0.15) is 19.4 Å². The predicted molar refractivity (Wildman–Crippen MR) is 70.5 cm³/mol. The molecular formula is C13H21N3O. The molecule has 0 radical (unpaired) electrons. The third kappa shape index (κ3) is 3.75. The third-order valence-electron chi connectivity index (χ3n) is 2.95. The van der Waals surface area contributed by atoms with Crippen LogP contribution >= 0.6 is 0 Å². The van der Waals surface area contributed by atoms with Gasteiger partial charge in [-0.1, -0.05) is 19.1 Å². The number of hydrogen-bond donors (Lipinski definition) is 2. The molecule has 1 atom stereocenters. The molecule has 1 unspecified atom stereocenters. The molecule has 0 aliphatic heterocycles. The molecule has 17 heavy (non-hydrogen) atoms. The Morgan fingerprint density at radius 3 is 2.47 bits per heavy atom. The molecule has 0 aromatic heterocycles. The number of carbonyl (C=O) groups is 1. The highest BCUT2D eigenvalue weighted by Crippen LogP contribution is 2.10. The second-order valence-electron chi connectivity index (χ2n) is 4.09. The number of hydrogen-bond acceptors (Lipinski definition) is 3. The Bertz CT molecular complexity index is 361. The van der Waals surface area contributed by atoms with Gasteiger partial charge < -0.3 is 11.1 Å². The number of nitrogen functional groups attached to an aromatic ring is 1. The van der Waals surface area contributed by atoms with E-state index in [0.717, 1.165) is 24.3 Å². The van der Waals surface area contributed by atoms with Crippen molar-refractivity contribution >= 4 is 11.6 Å². The smallest absolute Gasteiger partial charge is 0.236 e. The van der Waals surface area contributed by atoms with Gasteiger partial charge in [0.1, 0.15) is 0 Å². The first-order valence-corrected chi connectivity index (χ1v) is 5.88. The van der Waals surface area contributed by atoms with E-state index in [1.165, 1.54) is 0 Å². The maximum absolute atomic E-state index is 11.6. The first-order valence-electron chi connectivity index (χ1n) is 5.88. The monoisotopic (exact) mass is 235 g/mol. The highest BCUT2D eigenvalue weighted by Gasteiger charge is 2.18. The molecule has 4 nitrogen and oxygen atoms in total. The van der Waals surface area contributed by atoms with Crippen LogP contribution in [0.25, 0.3) is 0 Å². The van der Waals surface area contributed by atoms with E-state index in [2.05, 4.69) is 17.1 Å². The number of nitrogens with zero attached hydrogens (tertiary/aromatic N) is 1. The van der Waals surface area contributed by atoms with E-state index in [1.807, 2.05) is 31.2 Å². The summed E-state index contributed by atoms with van der Waals surface area (Å²) in [5.74, 6) is 0.0438. The average molecular weight is 235 g/mol. The zero-order chi connectivity index (χ0) is 12.8. The Hall–Kier alpha value is -1.55. The van der Waals surface area contributed by atoms with Crippen molar-refractivity contribution in [2.45, 2.75) is 26.4 Å². The predicted octanol–water partition coefficient (Wildman–Crippen LogP) is 1.23. The van der Waals surface area contributed by atoms with Crippen LogP contribution in [0.2, 0.25) is 0 Å². The van der Waals surface area contributed by atoms with E-state index in [1.54, 1.807) is 7.05 Å². The lowest BCUT2D eigenvalue weighted by atomic mass is 10.1. The summed E-state index contributed by atoms with van der Waals surface area (Å²) in [7, 11) is 1.66. The van der Waals surface area contributed by atoms with Gasteiger partial charge in [0.05, 0.1) is 6.04 Å². The van der Waals surface area contributed by atoms with Crippen LogP contribution in [-0.4, -0.2) is 30.4 Å². The van der Waals surface area contributed by atoms with Gasteiger partial charge in [-0.25, -0.2) is 0 Å². The molecule has 3 N–H and O–H groups in total. The van der Waals surface area contributed by atoms with Gasteiger partial charge >= 0.3 is 0 Å². The molecule has 0 saturated carbocycles. The molecule has 0 aliphatic carbocycles. The van der Waals surface area contributed by atoms with Crippen molar-refractivity contribution in [1.29, 1.82) is 0 Å². The first-order chi connectivity index (χ1) is 8.08. The Morgan fingerprint density at radius 1 is 1.41 bits per heavy atom. The van der Waals surface area contributed by atoms with Gasteiger partial charge in [-0.2, -0.15) is 0 Å². The van der Waals surface area contributed by atoms with Crippen LogP contribution in [0.5, 0.6) is 0 Å². The largest absolute Gasteiger partial charge is 0.399 e. The van der Waals surface area contributed by atoms with E-state index >= 15 is 0 Å². The lowest BCUT2D eigenvalue weighted by Crippen LogP contribution is -2.43. The van der Waals surface area contributed by atoms with Crippen molar-refractivity contribution in [1.82, 2.24) is 10.2 Å². The molecule has 94 valence electrons. The van der Waals surface area contributed by atoms with Crippen LogP contribution in [0.4, 0.5) is 5.69 Å². The van der Waals surface area contributed by atoms with E-state index in [9.17, 15) is 4.79 Å². The summed E-state index contributed by atoms with van der Waals surface area (Å²) in [4.78, 5) is 13.7. The van der Waals surface area contributed by atoms with Crippen molar-refractivity contribution in [2.75, 3.05) is 19.3 Å². The topological polar surface area (TPSA) is 58.4 Å². The summed E-state index contributed by atoms with van der Waals surface area (Å²) in [6.45, 7) is 5.56. The van der Waals surface area contributed by atoms with Crippen molar-refractivity contribution < 1.29 is 4.79 Å². The van der Waals surface area contributed by atoms with Gasteiger partial charge in [0.15, 0.2) is 0 Å². The molecule has 0 saturated heterocycles. The molecule has 0 aliphatic rings.